The van der Waals surface area contributed by atoms with Gasteiger partial charge < -0.3 is 10.1 Å². The lowest BCUT2D eigenvalue weighted by Gasteiger charge is -2.19. The molecule has 4 heteroatoms. The lowest BCUT2D eigenvalue weighted by atomic mass is 10.4. The fourth-order valence-corrected chi connectivity index (χ4v) is 1.66. The molecule has 0 aromatic rings. The lowest BCUT2D eigenvalue weighted by Crippen LogP contribution is -2.35. The van der Waals surface area contributed by atoms with E-state index in [0.717, 1.165) is 25.7 Å². The number of esters is 1. The van der Waals surface area contributed by atoms with E-state index in [1.54, 1.807) is 0 Å². The van der Waals surface area contributed by atoms with Gasteiger partial charge in [-0.25, -0.2) is 0 Å². The third-order valence-corrected chi connectivity index (χ3v) is 2.62. The number of ether oxygens (including phenoxy) is 1. The predicted molar refractivity (Wildman–Crippen MR) is 59.8 cm³/mol. The number of carbonyl (C=O) groups excluding carboxylic acids is 1. The van der Waals surface area contributed by atoms with Gasteiger partial charge in [-0.15, -0.1) is 0 Å². The standard InChI is InChI=1S/C11H22N2O2/c1-3-13(10-5-6-10)8-7-12-9-11(14)15-4-2/h10,12H,3-9H2,1-2H3. The molecule has 0 aliphatic heterocycles. The van der Waals surface area contributed by atoms with Crippen molar-refractivity contribution in [2.75, 3.05) is 32.8 Å². The maximum absolute atomic E-state index is 11.0. The minimum atomic E-state index is -0.160. The van der Waals surface area contributed by atoms with Crippen LogP contribution in [0.3, 0.4) is 0 Å². The maximum Gasteiger partial charge on any atom is 0.319 e. The van der Waals surface area contributed by atoms with Crippen LogP contribution < -0.4 is 5.32 Å². The first-order valence-electron chi connectivity index (χ1n) is 5.88. The average molecular weight is 214 g/mol. The van der Waals surface area contributed by atoms with Crippen molar-refractivity contribution in [1.29, 1.82) is 0 Å². The van der Waals surface area contributed by atoms with Gasteiger partial charge in [-0.1, -0.05) is 6.92 Å². The molecule has 1 N–H and O–H groups in total. The van der Waals surface area contributed by atoms with Gasteiger partial charge in [0.05, 0.1) is 13.2 Å². The number of hydrogen-bond acceptors (Lipinski definition) is 4. The molecule has 0 aromatic carbocycles. The molecule has 0 heterocycles. The van der Waals surface area contributed by atoms with E-state index in [1.807, 2.05) is 6.92 Å². The topological polar surface area (TPSA) is 41.6 Å². The SMILES string of the molecule is CCOC(=O)CNCCN(CC)C1CC1. The highest BCUT2D eigenvalue weighted by Crippen LogP contribution is 2.25. The Morgan fingerprint density at radius 3 is 2.73 bits per heavy atom. The molecule has 0 spiro atoms. The van der Waals surface area contributed by atoms with Crippen LogP contribution in [-0.2, 0) is 9.53 Å². The van der Waals surface area contributed by atoms with Crippen LogP contribution in [0.1, 0.15) is 26.7 Å². The Hall–Kier alpha value is -0.610. The maximum atomic E-state index is 11.0. The molecule has 1 rings (SSSR count). The smallest absolute Gasteiger partial charge is 0.319 e. The van der Waals surface area contributed by atoms with Crippen LogP contribution in [0.15, 0.2) is 0 Å². The van der Waals surface area contributed by atoms with E-state index in [2.05, 4.69) is 17.1 Å². The molecule has 1 aliphatic carbocycles. The summed E-state index contributed by atoms with van der Waals surface area (Å²) in [5.41, 5.74) is 0. The first kappa shape index (κ1) is 12.5. The van der Waals surface area contributed by atoms with Gasteiger partial charge in [0.1, 0.15) is 0 Å². The van der Waals surface area contributed by atoms with Crippen molar-refractivity contribution in [3.63, 3.8) is 0 Å². The van der Waals surface area contributed by atoms with Crippen LogP contribution in [0.2, 0.25) is 0 Å². The number of likely N-dealkylation sites (N-methyl/N-ethyl adjacent to an activating group) is 1. The van der Waals surface area contributed by atoms with Crippen LogP contribution >= 0.6 is 0 Å². The summed E-state index contributed by atoms with van der Waals surface area (Å²) in [5, 5.41) is 3.10. The van der Waals surface area contributed by atoms with Gasteiger partial charge in [-0.05, 0) is 26.3 Å². The number of rotatable bonds is 8. The molecule has 0 unspecified atom stereocenters. The second-order valence-corrected chi connectivity index (χ2v) is 3.84. The summed E-state index contributed by atoms with van der Waals surface area (Å²) in [6.07, 6.45) is 2.68. The average Bonchev–Trinajstić information content (AvgIpc) is 3.02. The van der Waals surface area contributed by atoms with E-state index in [1.165, 1.54) is 12.8 Å². The third kappa shape index (κ3) is 5.14. The summed E-state index contributed by atoms with van der Waals surface area (Å²) in [5.74, 6) is -0.160. The van der Waals surface area contributed by atoms with Crippen LogP contribution in [0, 0.1) is 0 Å². The molecule has 0 aromatic heterocycles. The molecular weight excluding hydrogens is 192 g/mol. The van der Waals surface area contributed by atoms with Crippen molar-refractivity contribution >= 4 is 5.97 Å². The molecule has 1 aliphatic rings. The number of carbonyl (C=O) groups is 1. The highest BCUT2D eigenvalue weighted by Gasteiger charge is 2.26. The molecule has 88 valence electrons. The van der Waals surface area contributed by atoms with Gasteiger partial charge in [0.15, 0.2) is 0 Å². The first-order chi connectivity index (χ1) is 7.27. The van der Waals surface area contributed by atoms with E-state index in [4.69, 9.17) is 4.74 Å². The number of hydrogen-bond donors (Lipinski definition) is 1. The minimum Gasteiger partial charge on any atom is -0.465 e. The van der Waals surface area contributed by atoms with E-state index in [0.29, 0.717) is 13.2 Å². The minimum absolute atomic E-state index is 0.160. The highest BCUT2D eigenvalue weighted by atomic mass is 16.5. The Bertz CT molecular complexity index is 193. The molecule has 0 saturated heterocycles. The van der Waals surface area contributed by atoms with Crippen LogP contribution in [-0.4, -0.2) is 49.7 Å². The largest absolute Gasteiger partial charge is 0.465 e. The Morgan fingerprint density at radius 1 is 1.47 bits per heavy atom. The Morgan fingerprint density at radius 2 is 2.20 bits per heavy atom. The van der Waals surface area contributed by atoms with Gasteiger partial charge in [0.2, 0.25) is 0 Å². The van der Waals surface area contributed by atoms with Crippen molar-refractivity contribution < 1.29 is 9.53 Å². The van der Waals surface area contributed by atoms with Gasteiger partial charge in [-0.3, -0.25) is 9.69 Å². The zero-order valence-corrected chi connectivity index (χ0v) is 9.79. The fourth-order valence-electron chi connectivity index (χ4n) is 1.66. The van der Waals surface area contributed by atoms with E-state index in [-0.39, 0.29) is 5.97 Å². The fraction of sp³-hybridized carbons (Fsp3) is 0.909. The van der Waals surface area contributed by atoms with Crippen LogP contribution in [0.5, 0.6) is 0 Å². The van der Waals surface area contributed by atoms with Crippen molar-refractivity contribution in [2.24, 2.45) is 0 Å². The molecule has 15 heavy (non-hydrogen) atoms. The second-order valence-electron chi connectivity index (χ2n) is 3.84. The quantitative estimate of drug-likeness (QED) is 0.475. The predicted octanol–water partition coefficient (Wildman–Crippen LogP) is 0.623. The zero-order chi connectivity index (χ0) is 11.1. The zero-order valence-electron chi connectivity index (χ0n) is 9.79. The third-order valence-electron chi connectivity index (χ3n) is 2.62. The second kappa shape index (κ2) is 6.80. The van der Waals surface area contributed by atoms with Crippen molar-refractivity contribution in [2.45, 2.75) is 32.7 Å². The van der Waals surface area contributed by atoms with Gasteiger partial charge in [0.25, 0.3) is 0 Å². The Balaban J connectivity index is 1.97. The first-order valence-corrected chi connectivity index (χ1v) is 5.88. The van der Waals surface area contributed by atoms with Gasteiger partial charge >= 0.3 is 5.97 Å². The summed E-state index contributed by atoms with van der Waals surface area (Å²) < 4.78 is 4.82. The van der Waals surface area contributed by atoms with E-state index in [9.17, 15) is 4.79 Å². The van der Waals surface area contributed by atoms with E-state index < -0.39 is 0 Å². The number of nitrogens with zero attached hydrogens (tertiary/aromatic N) is 1. The molecular formula is C11H22N2O2. The lowest BCUT2D eigenvalue weighted by molar-refractivity contribution is -0.141. The molecule has 1 saturated carbocycles. The molecule has 0 bridgehead atoms. The Kier molecular flexibility index (Phi) is 5.65. The molecule has 0 radical (unpaired) electrons. The summed E-state index contributed by atoms with van der Waals surface area (Å²) in [7, 11) is 0. The van der Waals surface area contributed by atoms with Crippen LogP contribution in [0.25, 0.3) is 0 Å². The highest BCUT2D eigenvalue weighted by molar-refractivity contribution is 5.71. The van der Waals surface area contributed by atoms with Crippen molar-refractivity contribution in [1.82, 2.24) is 10.2 Å². The van der Waals surface area contributed by atoms with Crippen molar-refractivity contribution in [3.05, 3.63) is 0 Å². The summed E-state index contributed by atoms with van der Waals surface area (Å²) in [4.78, 5) is 13.5. The normalized spacial score (nSPS) is 15.7. The molecule has 0 amide bonds. The summed E-state index contributed by atoms with van der Waals surface area (Å²) in [6.45, 7) is 7.79. The summed E-state index contributed by atoms with van der Waals surface area (Å²) >= 11 is 0. The monoisotopic (exact) mass is 214 g/mol. The Labute approximate surface area is 92.0 Å². The van der Waals surface area contributed by atoms with Crippen LogP contribution in [0.4, 0.5) is 0 Å². The molecule has 0 atom stereocenters. The summed E-state index contributed by atoms with van der Waals surface area (Å²) in [6, 6.07) is 0.805. The van der Waals surface area contributed by atoms with Gasteiger partial charge in [0, 0.05) is 19.1 Å². The van der Waals surface area contributed by atoms with E-state index >= 15 is 0 Å². The van der Waals surface area contributed by atoms with Gasteiger partial charge in [-0.2, -0.15) is 0 Å². The van der Waals surface area contributed by atoms with Crippen molar-refractivity contribution in [3.8, 4) is 0 Å². The number of nitrogens with one attached hydrogen (secondary N) is 1. The molecule has 4 nitrogen and oxygen atoms in total. The molecule has 1 fully saturated rings.